The van der Waals surface area contributed by atoms with Gasteiger partial charge in [-0.05, 0) is 17.0 Å². The molecule has 3 N–H and O–H groups in total. The first-order valence-corrected chi connectivity index (χ1v) is 7.73. The maximum Gasteiger partial charge on any atom is 0.212 e. The third-order valence-electron chi connectivity index (χ3n) is 2.46. The fraction of sp³-hybridized carbons (Fsp3) is 0.538. The molecule has 0 heterocycles. The Morgan fingerprint density at radius 2 is 1.95 bits per heavy atom. The second-order valence-corrected chi connectivity index (χ2v) is 7.58. The summed E-state index contributed by atoms with van der Waals surface area (Å²) in [5, 5.41) is 0. The number of hydrogen-bond donors (Lipinski definition) is 2. The lowest BCUT2D eigenvalue weighted by atomic mass is 10.0. The van der Waals surface area contributed by atoms with Gasteiger partial charge in [0.15, 0.2) is 0 Å². The third kappa shape index (κ3) is 5.67. The summed E-state index contributed by atoms with van der Waals surface area (Å²) in [5.74, 6) is -0.441. The van der Waals surface area contributed by atoms with Crippen LogP contribution in [0.4, 0.5) is 4.39 Å². The molecule has 0 aliphatic rings. The van der Waals surface area contributed by atoms with E-state index in [9.17, 15) is 12.8 Å². The minimum absolute atomic E-state index is 0.00248. The summed E-state index contributed by atoms with van der Waals surface area (Å²) in [5.41, 5.74) is 6.06. The molecular weight excluding hydrogens is 267 g/mol. The first-order valence-electron chi connectivity index (χ1n) is 6.08. The molecule has 0 saturated carbocycles. The maximum absolute atomic E-state index is 13.7. The van der Waals surface area contributed by atoms with Crippen LogP contribution in [-0.4, -0.2) is 14.2 Å². The van der Waals surface area contributed by atoms with Gasteiger partial charge < -0.3 is 5.73 Å². The van der Waals surface area contributed by atoms with Crippen molar-refractivity contribution in [2.45, 2.75) is 33.9 Å². The van der Waals surface area contributed by atoms with Gasteiger partial charge in [-0.25, -0.2) is 17.5 Å². The van der Waals surface area contributed by atoms with E-state index in [2.05, 4.69) is 4.72 Å². The van der Waals surface area contributed by atoms with Crippen LogP contribution in [0.2, 0.25) is 0 Å². The van der Waals surface area contributed by atoms with E-state index in [4.69, 9.17) is 5.73 Å². The van der Waals surface area contributed by atoms with Gasteiger partial charge in [0.05, 0.1) is 5.75 Å². The Kier molecular flexibility index (Phi) is 5.06. The average Bonchev–Trinajstić information content (AvgIpc) is 2.24. The molecule has 0 aliphatic heterocycles. The van der Waals surface area contributed by atoms with E-state index >= 15 is 0 Å². The quantitative estimate of drug-likeness (QED) is 0.867. The van der Waals surface area contributed by atoms with Gasteiger partial charge in [0, 0.05) is 18.7 Å². The lowest BCUT2D eigenvalue weighted by molar-refractivity contribution is 0.457. The number of nitrogens with one attached hydrogen (secondary N) is 1. The van der Waals surface area contributed by atoms with Crippen LogP contribution in [0.15, 0.2) is 18.2 Å². The fourth-order valence-corrected chi connectivity index (χ4v) is 3.29. The van der Waals surface area contributed by atoms with Crippen LogP contribution in [0.3, 0.4) is 0 Å². The molecule has 0 unspecified atom stereocenters. The van der Waals surface area contributed by atoms with Crippen LogP contribution in [0.5, 0.6) is 0 Å². The molecule has 1 rings (SSSR count). The summed E-state index contributed by atoms with van der Waals surface area (Å²) >= 11 is 0. The van der Waals surface area contributed by atoms with Crippen molar-refractivity contribution in [1.82, 2.24) is 4.72 Å². The molecule has 0 spiro atoms. The molecule has 0 aliphatic carbocycles. The molecule has 108 valence electrons. The van der Waals surface area contributed by atoms with E-state index in [-0.39, 0.29) is 24.3 Å². The molecule has 0 atom stereocenters. The zero-order chi connectivity index (χ0) is 14.7. The topological polar surface area (TPSA) is 72.2 Å². The lowest BCUT2D eigenvalue weighted by Crippen LogP contribution is -2.32. The molecule has 4 nitrogen and oxygen atoms in total. The van der Waals surface area contributed by atoms with E-state index in [0.717, 1.165) is 0 Å². The number of benzene rings is 1. The van der Waals surface area contributed by atoms with Crippen LogP contribution >= 0.6 is 0 Å². The SMILES string of the molecule is CC(C)(C)CS(=O)(=O)NCc1ccc(CN)cc1F. The predicted molar refractivity (Wildman–Crippen MR) is 74.4 cm³/mol. The molecular formula is C13H21FN2O2S. The monoisotopic (exact) mass is 288 g/mol. The first kappa shape index (κ1) is 16.1. The van der Waals surface area contributed by atoms with Crippen molar-refractivity contribution in [2.24, 2.45) is 11.1 Å². The van der Waals surface area contributed by atoms with Crippen molar-refractivity contribution in [3.63, 3.8) is 0 Å². The number of sulfonamides is 1. The zero-order valence-corrected chi connectivity index (χ0v) is 12.3. The molecule has 0 aromatic heterocycles. The molecule has 19 heavy (non-hydrogen) atoms. The molecule has 0 saturated heterocycles. The van der Waals surface area contributed by atoms with Crippen molar-refractivity contribution in [3.05, 3.63) is 35.1 Å². The minimum atomic E-state index is -3.41. The Hall–Kier alpha value is -0.980. The van der Waals surface area contributed by atoms with Gasteiger partial charge in [0.2, 0.25) is 10.0 Å². The van der Waals surface area contributed by atoms with Crippen molar-refractivity contribution < 1.29 is 12.8 Å². The number of hydrogen-bond acceptors (Lipinski definition) is 3. The molecule has 6 heteroatoms. The summed E-state index contributed by atoms with van der Waals surface area (Å²) in [6.07, 6.45) is 0. The van der Waals surface area contributed by atoms with Crippen molar-refractivity contribution in [2.75, 3.05) is 5.75 Å². The third-order valence-corrected chi connectivity index (χ3v) is 4.29. The Labute approximate surface area is 114 Å². The Morgan fingerprint density at radius 3 is 2.42 bits per heavy atom. The van der Waals surface area contributed by atoms with Crippen LogP contribution in [-0.2, 0) is 23.1 Å². The molecule has 0 amide bonds. The van der Waals surface area contributed by atoms with Crippen molar-refractivity contribution in [1.29, 1.82) is 0 Å². The van der Waals surface area contributed by atoms with E-state index in [1.807, 2.05) is 20.8 Å². The maximum atomic E-state index is 13.7. The predicted octanol–water partition coefficient (Wildman–Crippen LogP) is 1.75. The minimum Gasteiger partial charge on any atom is -0.326 e. The van der Waals surface area contributed by atoms with Gasteiger partial charge in [-0.1, -0.05) is 32.9 Å². The van der Waals surface area contributed by atoms with E-state index < -0.39 is 15.8 Å². The zero-order valence-electron chi connectivity index (χ0n) is 11.5. The highest BCUT2D eigenvalue weighted by Crippen LogP contribution is 2.16. The fourth-order valence-electron chi connectivity index (χ4n) is 1.67. The number of halogens is 1. The van der Waals surface area contributed by atoms with Crippen molar-refractivity contribution in [3.8, 4) is 0 Å². The van der Waals surface area contributed by atoms with Gasteiger partial charge in [0.1, 0.15) is 5.82 Å². The van der Waals surface area contributed by atoms with Gasteiger partial charge in [-0.2, -0.15) is 0 Å². The smallest absolute Gasteiger partial charge is 0.212 e. The molecule has 0 bridgehead atoms. The second-order valence-electron chi connectivity index (χ2n) is 5.77. The number of nitrogens with two attached hydrogens (primary N) is 1. The Balaban J connectivity index is 2.72. The van der Waals surface area contributed by atoms with Gasteiger partial charge in [-0.15, -0.1) is 0 Å². The molecule has 0 fully saturated rings. The molecule has 1 aromatic rings. The molecule has 0 radical (unpaired) electrons. The summed E-state index contributed by atoms with van der Waals surface area (Å²) in [4.78, 5) is 0. The summed E-state index contributed by atoms with van der Waals surface area (Å²) in [7, 11) is -3.41. The summed E-state index contributed by atoms with van der Waals surface area (Å²) in [6.45, 7) is 5.72. The highest BCUT2D eigenvalue weighted by atomic mass is 32.2. The molecule has 1 aromatic carbocycles. The van der Waals surface area contributed by atoms with Crippen LogP contribution in [0.1, 0.15) is 31.9 Å². The van der Waals surface area contributed by atoms with E-state index in [1.54, 1.807) is 12.1 Å². The average molecular weight is 288 g/mol. The standard InChI is InChI=1S/C13H21FN2O2S/c1-13(2,3)9-19(17,18)16-8-11-5-4-10(7-15)6-12(11)14/h4-6,16H,7-9,15H2,1-3H3. The lowest BCUT2D eigenvalue weighted by Gasteiger charge is -2.18. The highest BCUT2D eigenvalue weighted by Gasteiger charge is 2.21. The normalized spacial score (nSPS) is 12.7. The highest BCUT2D eigenvalue weighted by molar-refractivity contribution is 7.89. The Morgan fingerprint density at radius 1 is 1.32 bits per heavy atom. The van der Waals surface area contributed by atoms with Gasteiger partial charge >= 0.3 is 0 Å². The van der Waals surface area contributed by atoms with E-state index in [1.165, 1.54) is 6.07 Å². The van der Waals surface area contributed by atoms with Gasteiger partial charge in [-0.3, -0.25) is 0 Å². The number of rotatable bonds is 5. The first-order chi connectivity index (χ1) is 8.63. The van der Waals surface area contributed by atoms with Crippen LogP contribution in [0.25, 0.3) is 0 Å². The van der Waals surface area contributed by atoms with Crippen LogP contribution in [0, 0.1) is 11.2 Å². The second kappa shape index (κ2) is 5.98. The summed E-state index contributed by atoms with van der Waals surface area (Å²) in [6, 6.07) is 4.57. The summed E-state index contributed by atoms with van der Waals surface area (Å²) < 4.78 is 39.7. The van der Waals surface area contributed by atoms with E-state index in [0.29, 0.717) is 11.1 Å². The van der Waals surface area contributed by atoms with Gasteiger partial charge in [0.25, 0.3) is 0 Å². The van der Waals surface area contributed by atoms with Crippen molar-refractivity contribution >= 4 is 10.0 Å². The largest absolute Gasteiger partial charge is 0.326 e. The van der Waals surface area contributed by atoms with Crippen LogP contribution < -0.4 is 10.5 Å². The Bertz CT molecular complexity index is 536.